The van der Waals surface area contributed by atoms with E-state index in [1.165, 1.54) is 19.1 Å². The van der Waals surface area contributed by atoms with Gasteiger partial charge in [0.1, 0.15) is 11.3 Å². The quantitative estimate of drug-likeness (QED) is 0.540. The van der Waals surface area contributed by atoms with Crippen molar-refractivity contribution in [3.63, 3.8) is 0 Å². The second-order valence-corrected chi connectivity index (χ2v) is 8.43. The fourth-order valence-electron chi connectivity index (χ4n) is 4.20. The minimum atomic E-state index is -2.91. The molecule has 1 aromatic heterocycles. The maximum Gasteiger partial charge on any atom is 0.387 e. The minimum absolute atomic E-state index is 0.0357. The number of halogens is 2. The maximum absolute atomic E-state index is 12.4. The number of hydrogen-bond donors (Lipinski definition) is 2. The fraction of sp³-hybridized carbons (Fsp3) is 0.565. The number of nitrogens with one attached hydrogen (secondary N) is 2. The van der Waals surface area contributed by atoms with Crippen molar-refractivity contribution in [2.45, 2.75) is 83.4 Å². The van der Waals surface area contributed by atoms with Crippen LogP contribution in [0.15, 0.2) is 28.8 Å². The average molecular weight is 465 g/mol. The van der Waals surface area contributed by atoms with Crippen molar-refractivity contribution in [3.8, 4) is 5.75 Å². The lowest BCUT2D eigenvalue weighted by molar-refractivity contribution is -0.122. The summed E-state index contributed by atoms with van der Waals surface area (Å²) >= 11 is 0. The minimum Gasteiger partial charge on any atom is -0.435 e. The summed E-state index contributed by atoms with van der Waals surface area (Å²) in [6.07, 6.45) is 5.99. The summed E-state index contributed by atoms with van der Waals surface area (Å²) in [5.74, 6) is 0.440. The lowest BCUT2D eigenvalue weighted by atomic mass is 9.89. The third-order valence-electron chi connectivity index (χ3n) is 5.80. The number of nitrogens with zero attached hydrogens (tertiary/aromatic N) is 2. The highest BCUT2D eigenvalue weighted by Crippen LogP contribution is 2.34. The van der Waals surface area contributed by atoms with Crippen LogP contribution in [0.3, 0.4) is 0 Å². The number of rotatable bonds is 9. The van der Waals surface area contributed by atoms with E-state index < -0.39 is 18.2 Å². The summed E-state index contributed by atoms with van der Waals surface area (Å²) in [6.45, 7) is 0.328. The number of aryl methyl sites for hydroxylation is 1. The third kappa shape index (κ3) is 6.97. The number of aromatic nitrogens is 2. The van der Waals surface area contributed by atoms with Crippen molar-refractivity contribution in [2.75, 3.05) is 0 Å². The molecular weight excluding hydrogens is 434 g/mol. The van der Waals surface area contributed by atoms with E-state index >= 15 is 0 Å². The number of carbonyl (C=O) groups is 2. The van der Waals surface area contributed by atoms with E-state index in [1.807, 2.05) is 0 Å². The van der Waals surface area contributed by atoms with E-state index in [9.17, 15) is 18.4 Å². The van der Waals surface area contributed by atoms with E-state index in [-0.39, 0.29) is 30.4 Å². The van der Waals surface area contributed by atoms with Gasteiger partial charge in [0.2, 0.25) is 17.7 Å². The van der Waals surface area contributed by atoms with E-state index in [0.29, 0.717) is 17.3 Å². The molecule has 0 saturated heterocycles. The van der Waals surface area contributed by atoms with Crippen LogP contribution in [0.25, 0.3) is 0 Å². The molecule has 2 aromatic rings. The predicted octanol–water partition coefficient (Wildman–Crippen LogP) is 4.17. The van der Waals surface area contributed by atoms with Crippen molar-refractivity contribution < 1.29 is 27.6 Å². The van der Waals surface area contributed by atoms with Gasteiger partial charge in [0.25, 0.3) is 0 Å². The molecule has 2 amide bonds. The smallest absolute Gasteiger partial charge is 0.387 e. The lowest BCUT2D eigenvalue weighted by Gasteiger charge is -2.30. The number of benzene rings is 1. The van der Waals surface area contributed by atoms with Crippen LogP contribution in [-0.4, -0.2) is 28.6 Å². The van der Waals surface area contributed by atoms with Gasteiger partial charge in [0, 0.05) is 19.8 Å². The van der Waals surface area contributed by atoms with Crippen molar-refractivity contribution in [3.05, 3.63) is 41.5 Å². The highest BCUT2D eigenvalue weighted by Gasteiger charge is 2.38. The normalized spacial score (nSPS) is 16.6. The zero-order valence-electron chi connectivity index (χ0n) is 18.9. The first-order valence-electron chi connectivity index (χ1n) is 11.2. The van der Waals surface area contributed by atoms with Gasteiger partial charge in [0.05, 0.1) is 6.04 Å². The molecule has 1 unspecified atom stereocenters. The van der Waals surface area contributed by atoms with Crippen LogP contribution in [0.4, 0.5) is 8.78 Å². The molecule has 180 valence electrons. The van der Waals surface area contributed by atoms with Crippen LogP contribution in [-0.2, 0) is 21.5 Å². The zero-order valence-corrected chi connectivity index (χ0v) is 18.9. The molecule has 1 atom stereocenters. The molecule has 1 saturated carbocycles. The molecule has 3 rings (SSSR count). The number of ether oxygens (including phenoxy) is 1. The molecule has 1 aliphatic rings. The Morgan fingerprint density at radius 2 is 1.94 bits per heavy atom. The van der Waals surface area contributed by atoms with Gasteiger partial charge < -0.3 is 19.9 Å². The Morgan fingerprint density at radius 3 is 2.61 bits per heavy atom. The molecule has 1 fully saturated rings. The van der Waals surface area contributed by atoms with Gasteiger partial charge in [-0.2, -0.15) is 13.8 Å². The van der Waals surface area contributed by atoms with Gasteiger partial charge in [-0.1, -0.05) is 43.0 Å². The standard InChI is InChI=1S/C23H30F2N4O4/c1-15(17-8-7-9-18(14-17)32-22(24)25)26-19(31)10-11-20-27-21(29-33-20)23(28-16(2)30)12-5-3-4-6-13-23/h7-9,14-15,22H,3-6,10-13H2,1-2H3,(H,26,31)(H,28,30). The van der Waals surface area contributed by atoms with E-state index in [0.717, 1.165) is 38.5 Å². The van der Waals surface area contributed by atoms with Gasteiger partial charge >= 0.3 is 6.61 Å². The van der Waals surface area contributed by atoms with Crippen LogP contribution < -0.4 is 15.4 Å². The third-order valence-corrected chi connectivity index (χ3v) is 5.80. The first-order chi connectivity index (χ1) is 15.8. The summed E-state index contributed by atoms with van der Waals surface area (Å²) < 4.78 is 34.6. The SMILES string of the molecule is CC(=O)NC1(c2noc(CCC(=O)NC(C)c3cccc(OC(F)F)c3)n2)CCCCCC1. The number of carbonyl (C=O) groups excluding carboxylic acids is 2. The van der Waals surface area contributed by atoms with Crippen LogP contribution in [0.1, 0.15) is 82.1 Å². The Morgan fingerprint density at radius 1 is 1.21 bits per heavy atom. The Bertz CT molecular complexity index is 942. The van der Waals surface area contributed by atoms with Crippen molar-refractivity contribution >= 4 is 11.8 Å². The Hall–Kier alpha value is -3.04. The average Bonchev–Trinajstić information content (AvgIpc) is 3.12. The summed E-state index contributed by atoms with van der Waals surface area (Å²) in [5, 5.41) is 9.98. The molecule has 1 heterocycles. The van der Waals surface area contributed by atoms with Gasteiger partial charge in [-0.15, -0.1) is 0 Å². The van der Waals surface area contributed by atoms with E-state index in [4.69, 9.17) is 4.52 Å². The Balaban J connectivity index is 1.58. The fourth-order valence-corrected chi connectivity index (χ4v) is 4.20. The number of amides is 2. The highest BCUT2D eigenvalue weighted by molar-refractivity contribution is 5.76. The van der Waals surface area contributed by atoms with Crippen LogP contribution in [0.2, 0.25) is 0 Å². The topological polar surface area (TPSA) is 106 Å². The molecule has 1 aliphatic carbocycles. The Labute approximate surface area is 191 Å². The Kier molecular flexibility index (Phi) is 8.35. The molecule has 8 nitrogen and oxygen atoms in total. The van der Waals surface area contributed by atoms with E-state index in [1.54, 1.807) is 19.1 Å². The zero-order chi connectivity index (χ0) is 23.8. The molecular formula is C23H30F2N4O4. The van der Waals surface area contributed by atoms with Gasteiger partial charge in [-0.3, -0.25) is 9.59 Å². The maximum atomic E-state index is 12.4. The summed E-state index contributed by atoms with van der Waals surface area (Å²) in [4.78, 5) is 28.7. The highest BCUT2D eigenvalue weighted by atomic mass is 19.3. The number of alkyl halides is 2. The molecule has 2 N–H and O–H groups in total. The molecule has 0 aliphatic heterocycles. The predicted molar refractivity (Wildman–Crippen MR) is 115 cm³/mol. The van der Waals surface area contributed by atoms with Crippen molar-refractivity contribution in [1.29, 1.82) is 0 Å². The van der Waals surface area contributed by atoms with Gasteiger partial charge in [-0.05, 0) is 37.5 Å². The summed E-state index contributed by atoms with van der Waals surface area (Å²) in [5.41, 5.74) is 0.0128. The molecule has 0 radical (unpaired) electrons. The second kappa shape index (κ2) is 11.2. The largest absolute Gasteiger partial charge is 0.435 e. The lowest BCUT2D eigenvalue weighted by Crippen LogP contribution is -2.45. The van der Waals surface area contributed by atoms with Gasteiger partial charge in [0.15, 0.2) is 5.82 Å². The van der Waals surface area contributed by atoms with Crippen LogP contribution >= 0.6 is 0 Å². The van der Waals surface area contributed by atoms with Crippen molar-refractivity contribution in [2.24, 2.45) is 0 Å². The molecule has 0 spiro atoms. The molecule has 0 bridgehead atoms. The second-order valence-electron chi connectivity index (χ2n) is 8.43. The monoisotopic (exact) mass is 464 g/mol. The molecule has 1 aromatic carbocycles. The van der Waals surface area contributed by atoms with Crippen LogP contribution in [0, 0.1) is 0 Å². The first-order valence-corrected chi connectivity index (χ1v) is 11.2. The van der Waals surface area contributed by atoms with E-state index in [2.05, 4.69) is 25.5 Å². The first kappa shape index (κ1) is 24.6. The molecule has 10 heteroatoms. The van der Waals surface area contributed by atoms with Crippen molar-refractivity contribution in [1.82, 2.24) is 20.8 Å². The number of hydrogen-bond acceptors (Lipinski definition) is 6. The molecule has 33 heavy (non-hydrogen) atoms. The van der Waals surface area contributed by atoms with Crippen LogP contribution in [0.5, 0.6) is 5.75 Å². The summed E-state index contributed by atoms with van der Waals surface area (Å²) in [7, 11) is 0. The van der Waals surface area contributed by atoms with Gasteiger partial charge in [-0.25, -0.2) is 0 Å². The summed E-state index contributed by atoms with van der Waals surface area (Å²) in [6, 6.07) is 5.82.